The third-order valence-electron chi connectivity index (χ3n) is 6.26. The highest BCUT2D eigenvalue weighted by Gasteiger charge is 2.44. The Morgan fingerprint density at radius 3 is 1.76 bits per heavy atom. The van der Waals surface area contributed by atoms with E-state index in [0.717, 1.165) is 11.4 Å². The molecule has 2 aliphatic rings. The Hall–Kier alpha value is -1.00. The number of rotatable bonds is 4. The molecule has 0 aromatic heterocycles. The minimum absolute atomic E-state index is 0.679. The fraction of sp³-hybridized carbons (Fsp3) is 0.647. The zero-order valence-electron chi connectivity index (χ0n) is 13.7. The number of piperidine rings is 1. The van der Waals surface area contributed by atoms with Crippen LogP contribution in [0.1, 0.15) is 50.2 Å². The molecule has 3 rings (SSSR count). The first-order valence-electron chi connectivity index (χ1n) is 8.48. The summed E-state index contributed by atoms with van der Waals surface area (Å²) < 4.78 is 2.90. The quantitative estimate of drug-likeness (QED) is 0.658. The van der Waals surface area contributed by atoms with E-state index in [4.69, 9.17) is 11.5 Å². The highest BCUT2D eigenvalue weighted by molar-refractivity contribution is 6.77. The molecular weight excluding hydrogens is 274 g/mol. The first-order valence-corrected chi connectivity index (χ1v) is 11.0. The van der Waals surface area contributed by atoms with Gasteiger partial charge in [0, 0.05) is 0 Å². The third-order valence-corrected chi connectivity index (χ3v) is 11.9. The van der Waals surface area contributed by atoms with Crippen LogP contribution in [0.25, 0.3) is 0 Å². The van der Waals surface area contributed by atoms with Gasteiger partial charge in [0.05, 0.1) is 11.4 Å². The van der Waals surface area contributed by atoms with Crippen molar-refractivity contribution in [3.63, 3.8) is 0 Å². The van der Waals surface area contributed by atoms with Crippen molar-refractivity contribution in [1.82, 2.24) is 4.57 Å². The molecule has 21 heavy (non-hydrogen) atoms. The Labute approximate surface area is 129 Å². The van der Waals surface area contributed by atoms with Crippen molar-refractivity contribution in [2.45, 2.75) is 57.2 Å². The minimum Gasteiger partial charge on any atom is -0.397 e. The molecule has 4 N–H and O–H groups in total. The van der Waals surface area contributed by atoms with Crippen molar-refractivity contribution in [2.75, 3.05) is 24.6 Å². The van der Waals surface area contributed by atoms with E-state index in [0.29, 0.717) is 11.8 Å². The average molecular weight is 304 g/mol. The van der Waals surface area contributed by atoms with Crippen LogP contribution in [0, 0.1) is 0 Å². The molecule has 1 aliphatic heterocycles. The molecule has 1 saturated heterocycles. The van der Waals surface area contributed by atoms with Crippen LogP contribution in [-0.2, 0) is 0 Å². The van der Waals surface area contributed by atoms with Gasteiger partial charge in [-0.15, -0.1) is 0 Å². The first-order chi connectivity index (χ1) is 10.0. The van der Waals surface area contributed by atoms with Crippen LogP contribution >= 0.6 is 0 Å². The Kier molecular flexibility index (Phi) is 3.78. The van der Waals surface area contributed by atoms with Gasteiger partial charge in [0.2, 0.25) is 0 Å². The SMILES string of the molecule is CC[Si](CC)(CC)N1C[C@H]2C[C@@H](C1)c1cc(N)c(N)cc12. The number of nitrogens with zero attached hydrogens (tertiary/aromatic N) is 1. The van der Waals surface area contributed by atoms with Gasteiger partial charge in [0.15, 0.2) is 0 Å². The molecule has 3 nitrogen and oxygen atoms in total. The molecule has 1 aromatic rings. The standard InChI is InChI=1S/C17H29N3Si/c1-4-21(5-2,6-3)20-10-12-7-13(11-20)15-9-17(19)16(18)8-14(12)15/h8-9,12-13H,4-7,10-11,18-19H2,1-3H3/t12-,13+. The van der Waals surface area contributed by atoms with Gasteiger partial charge >= 0.3 is 0 Å². The smallest absolute Gasteiger partial charge is 0.127 e. The van der Waals surface area contributed by atoms with E-state index >= 15 is 0 Å². The van der Waals surface area contributed by atoms with E-state index in [2.05, 4.69) is 37.5 Å². The summed E-state index contributed by atoms with van der Waals surface area (Å²) in [5.41, 5.74) is 16.6. The van der Waals surface area contributed by atoms with Crippen LogP contribution in [0.4, 0.5) is 11.4 Å². The number of hydrogen-bond donors (Lipinski definition) is 2. The summed E-state index contributed by atoms with van der Waals surface area (Å²) in [7, 11) is -1.26. The first kappa shape index (κ1) is 14.9. The maximum Gasteiger partial charge on any atom is 0.127 e. The second kappa shape index (κ2) is 5.32. The highest BCUT2D eigenvalue weighted by Crippen LogP contribution is 2.49. The fourth-order valence-corrected chi connectivity index (χ4v) is 8.79. The van der Waals surface area contributed by atoms with Crippen LogP contribution in [0.2, 0.25) is 18.1 Å². The second-order valence-electron chi connectivity index (χ2n) is 6.93. The third kappa shape index (κ3) is 2.20. The van der Waals surface area contributed by atoms with Crippen molar-refractivity contribution < 1.29 is 0 Å². The van der Waals surface area contributed by atoms with E-state index in [9.17, 15) is 0 Å². The number of benzene rings is 1. The predicted octanol–water partition coefficient (Wildman–Crippen LogP) is 3.74. The predicted molar refractivity (Wildman–Crippen MR) is 94.1 cm³/mol. The van der Waals surface area contributed by atoms with Crippen LogP contribution in [0.5, 0.6) is 0 Å². The number of hydrogen-bond acceptors (Lipinski definition) is 3. The Balaban J connectivity index is 1.93. The van der Waals surface area contributed by atoms with Crippen molar-refractivity contribution in [3.8, 4) is 0 Å². The topological polar surface area (TPSA) is 55.3 Å². The molecule has 0 spiro atoms. The number of anilines is 2. The van der Waals surface area contributed by atoms with Crippen molar-refractivity contribution in [2.24, 2.45) is 0 Å². The van der Waals surface area contributed by atoms with Crippen LogP contribution in [0.15, 0.2) is 12.1 Å². The molecule has 116 valence electrons. The van der Waals surface area contributed by atoms with Crippen molar-refractivity contribution in [1.29, 1.82) is 0 Å². The van der Waals surface area contributed by atoms with Gasteiger partial charge in [-0.1, -0.05) is 20.8 Å². The Morgan fingerprint density at radius 2 is 1.38 bits per heavy atom. The van der Waals surface area contributed by atoms with Crippen molar-refractivity contribution >= 4 is 19.6 Å². The molecule has 1 fully saturated rings. The highest BCUT2D eigenvalue weighted by atomic mass is 28.3. The lowest BCUT2D eigenvalue weighted by atomic mass is 9.97. The molecule has 2 bridgehead atoms. The van der Waals surface area contributed by atoms with Crippen molar-refractivity contribution in [3.05, 3.63) is 23.3 Å². The maximum atomic E-state index is 6.04. The summed E-state index contributed by atoms with van der Waals surface area (Å²) >= 11 is 0. The number of fused-ring (bicyclic) bond motifs is 5. The lowest BCUT2D eigenvalue weighted by molar-refractivity contribution is 0.299. The zero-order valence-corrected chi connectivity index (χ0v) is 14.7. The summed E-state index contributed by atoms with van der Waals surface area (Å²) in [5.74, 6) is 1.36. The molecule has 4 heteroatoms. The Morgan fingerprint density at radius 1 is 0.952 bits per heavy atom. The van der Waals surface area contributed by atoms with E-state index in [1.165, 1.54) is 48.8 Å². The lowest BCUT2D eigenvalue weighted by Crippen LogP contribution is -2.55. The molecule has 0 saturated carbocycles. The molecule has 1 aliphatic carbocycles. The van der Waals surface area contributed by atoms with Gasteiger partial charge in [0.1, 0.15) is 8.24 Å². The number of nitrogens with two attached hydrogens (primary N) is 2. The van der Waals surface area contributed by atoms with E-state index in [-0.39, 0.29) is 0 Å². The minimum atomic E-state index is -1.26. The summed E-state index contributed by atoms with van der Waals surface area (Å²) in [6.07, 6.45) is 1.30. The summed E-state index contributed by atoms with van der Waals surface area (Å²) in [6, 6.07) is 8.44. The van der Waals surface area contributed by atoms with E-state index < -0.39 is 8.24 Å². The summed E-state index contributed by atoms with van der Waals surface area (Å²) in [4.78, 5) is 0. The summed E-state index contributed by atoms with van der Waals surface area (Å²) in [5, 5.41) is 0. The molecule has 1 aromatic carbocycles. The van der Waals surface area contributed by atoms with E-state index in [1.54, 1.807) is 0 Å². The van der Waals surface area contributed by atoms with Crippen LogP contribution in [-0.4, -0.2) is 25.9 Å². The molecule has 0 amide bonds. The van der Waals surface area contributed by atoms with Gasteiger partial charge in [0.25, 0.3) is 0 Å². The van der Waals surface area contributed by atoms with Gasteiger partial charge in [-0.2, -0.15) is 0 Å². The Bertz CT molecular complexity index is 494. The average Bonchev–Trinajstić information content (AvgIpc) is 2.73. The van der Waals surface area contributed by atoms with Crippen LogP contribution in [0.3, 0.4) is 0 Å². The largest absolute Gasteiger partial charge is 0.397 e. The molecule has 1 heterocycles. The second-order valence-corrected chi connectivity index (χ2v) is 12.1. The van der Waals surface area contributed by atoms with Gasteiger partial charge in [-0.25, -0.2) is 0 Å². The van der Waals surface area contributed by atoms with E-state index in [1.807, 2.05) is 0 Å². The van der Waals surface area contributed by atoms with Gasteiger partial charge in [-0.3, -0.25) is 0 Å². The summed E-state index contributed by atoms with van der Waals surface area (Å²) in [6.45, 7) is 9.69. The molecule has 2 atom stereocenters. The molecule has 0 radical (unpaired) electrons. The maximum absolute atomic E-state index is 6.04. The normalized spacial score (nSPS) is 25.1. The molecular formula is C17H29N3Si. The van der Waals surface area contributed by atoms with Crippen LogP contribution < -0.4 is 11.5 Å². The molecule has 0 unspecified atom stereocenters. The number of nitrogen functional groups attached to an aromatic ring is 2. The van der Waals surface area contributed by atoms with Gasteiger partial charge in [-0.05, 0) is 72.7 Å². The zero-order chi connectivity index (χ0) is 15.2. The fourth-order valence-electron chi connectivity index (χ4n) is 4.73. The monoisotopic (exact) mass is 303 g/mol. The van der Waals surface area contributed by atoms with Gasteiger partial charge < -0.3 is 16.0 Å². The lowest BCUT2D eigenvalue weighted by Gasteiger charge is -2.45.